The monoisotopic (exact) mass is 276 g/mol. The summed E-state index contributed by atoms with van der Waals surface area (Å²) in [7, 11) is 1.65. The number of ether oxygens (including phenoxy) is 1. The molecule has 0 amide bonds. The van der Waals surface area contributed by atoms with E-state index in [0.29, 0.717) is 0 Å². The molecule has 0 bridgehead atoms. The average molecular weight is 276 g/mol. The van der Waals surface area contributed by atoms with Crippen LogP contribution in [-0.2, 0) is 0 Å². The first kappa shape index (κ1) is 13.2. The predicted octanol–water partition coefficient (Wildman–Crippen LogP) is 3.99. The van der Waals surface area contributed by atoms with Crippen LogP contribution >= 0.6 is 0 Å². The topological polar surface area (TPSA) is 33.6 Å². The van der Waals surface area contributed by atoms with Crippen LogP contribution in [0, 0.1) is 0 Å². The van der Waals surface area contributed by atoms with E-state index in [-0.39, 0.29) is 0 Å². The van der Waals surface area contributed by atoms with Crippen molar-refractivity contribution in [1.29, 1.82) is 0 Å². The average Bonchev–Trinajstić information content (AvgIpc) is 2.54. The van der Waals surface area contributed by atoms with Gasteiger partial charge in [-0.25, -0.2) is 4.99 Å². The van der Waals surface area contributed by atoms with Crippen molar-refractivity contribution >= 4 is 23.3 Å². The Hall–Kier alpha value is -2.81. The molecule has 1 aliphatic rings. The van der Waals surface area contributed by atoms with Crippen molar-refractivity contribution < 1.29 is 4.74 Å². The number of amidine groups is 1. The van der Waals surface area contributed by atoms with E-state index in [9.17, 15) is 0 Å². The van der Waals surface area contributed by atoms with Crippen molar-refractivity contribution in [3.63, 3.8) is 0 Å². The Bertz CT molecular complexity index is 742. The van der Waals surface area contributed by atoms with Gasteiger partial charge in [0.25, 0.3) is 0 Å². The van der Waals surface area contributed by atoms with Gasteiger partial charge in [0, 0.05) is 16.8 Å². The number of nitrogens with one attached hydrogen (secondary N) is 1. The van der Waals surface area contributed by atoms with Gasteiger partial charge < -0.3 is 10.1 Å². The van der Waals surface area contributed by atoms with Gasteiger partial charge >= 0.3 is 0 Å². The second-order valence-corrected chi connectivity index (χ2v) is 4.74. The molecule has 0 aliphatic carbocycles. The summed E-state index contributed by atoms with van der Waals surface area (Å²) < 4.78 is 5.18. The van der Waals surface area contributed by atoms with E-state index in [2.05, 4.69) is 23.5 Å². The number of aliphatic imine (C=N–C) groups is 1. The summed E-state index contributed by atoms with van der Waals surface area (Å²) in [5, 5.41) is 3.27. The zero-order valence-corrected chi connectivity index (χ0v) is 11.9. The molecule has 2 aromatic carbocycles. The molecule has 0 radical (unpaired) electrons. The summed E-state index contributed by atoms with van der Waals surface area (Å²) >= 11 is 0. The first-order valence-electron chi connectivity index (χ1n) is 6.68. The first-order chi connectivity index (χ1) is 10.2. The molecule has 3 heteroatoms. The lowest BCUT2D eigenvalue weighted by Gasteiger charge is -2.21. The summed E-state index contributed by atoms with van der Waals surface area (Å²) in [6, 6.07) is 13.7. The van der Waals surface area contributed by atoms with Crippen LogP contribution in [0.3, 0.4) is 0 Å². The van der Waals surface area contributed by atoms with E-state index >= 15 is 0 Å². The van der Waals surface area contributed by atoms with Gasteiger partial charge in [0.05, 0.1) is 12.8 Å². The van der Waals surface area contributed by atoms with Crippen LogP contribution in [0.2, 0.25) is 0 Å². The molecule has 0 saturated heterocycles. The summed E-state index contributed by atoms with van der Waals surface area (Å²) in [5.41, 5.74) is 4.77. The van der Waals surface area contributed by atoms with Crippen molar-refractivity contribution in [2.45, 2.75) is 0 Å². The van der Waals surface area contributed by atoms with Gasteiger partial charge in [-0.1, -0.05) is 31.4 Å². The van der Waals surface area contributed by atoms with E-state index in [1.165, 1.54) is 0 Å². The molecule has 2 aromatic rings. The van der Waals surface area contributed by atoms with E-state index in [1.54, 1.807) is 7.11 Å². The second kappa shape index (κ2) is 5.29. The van der Waals surface area contributed by atoms with Crippen LogP contribution in [-0.4, -0.2) is 12.9 Å². The van der Waals surface area contributed by atoms with Crippen LogP contribution in [0.1, 0.15) is 16.7 Å². The zero-order valence-electron chi connectivity index (χ0n) is 11.9. The van der Waals surface area contributed by atoms with Gasteiger partial charge in [0.15, 0.2) is 0 Å². The third-order valence-electron chi connectivity index (χ3n) is 3.46. The minimum atomic E-state index is 0.788. The van der Waals surface area contributed by atoms with Crippen LogP contribution in [0.5, 0.6) is 5.75 Å². The Morgan fingerprint density at radius 2 is 1.90 bits per heavy atom. The minimum Gasteiger partial charge on any atom is -0.497 e. The van der Waals surface area contributed by atoms with Gasteiger partial charge in [0.2, 0.25) is 0 Å². The van der Waals surface area contributed by atoms with E-state index in [0.717, 1.165) is 39.7 Å². The maximum atomic E-state index is 5.18. The highest BCUT2D eigenvalue weighted by atomic mass is 16.5. The quantitative estimate of drug-likeness (QED) is 0.919. The molecule has 1 aliphatic heterocycles. The number of rotatable bonds is 3. The molecule has 1 heterocycles. The first-order valence-corrected chi connectivity index (χ1v) is 6.68. The molecule has 0 atom stereocenters. The van der Waals surface area contributed by atoms with Crippen molar-refractivity contribution in [3.05, 3.63) is 72.3 Å². The second-order valence-electron chi connectivity index (χ2n) is 4.74. The minimum absolute atomic E-state index is 0.788. The highest BCUT2D eigenvalue weighted by Gasteiger charge is 2.18. The van der Waals surface area contributed by atoms with Crippen molar-refractivity contribution in [1.82, 2.24) is 5.32 Å². The van der Waals surface area contributed by atoms with Gasteiger partial charge in [-0.3, -0.25) is 0 Å². The zero-order chi connectivity index (χ0) is 14.8. The number of hydrogen-bond donors (Lipinski definition) is 1. The number of fused-ring (bicyclic) bond motifs is 1. The largest absolute Gasteiger partial charge is 0.497 e. The van der Waals surface area contributed by atoms with Crippen LogP contribution in [0.15, 0.2) is 60.6 Å². The third kappa shape index (κ3) is 2.34. The molecular weight excluding hydrogens is 260 g/mol. The number of methoxy groups -OCH3 is 1. The molecule has 3 rings (SSSR count). The lowest BCUT2D eigenvalue weighted by Crippen LogP contribution is -2.25. The number of nitrogens with zero attached hydrogens (tertiary/aromatic N) is 1. The maximum Gasteiger partial charge on any atom is 0.138 e. The smallest absolute Gasteiger partial charge is 0.138 e. The van der Waals surface area contributed by atoms with Crippen LogP contribution in [0.4, 0.5) is 5.69 Å². The van der Waals surface area contributed by atoms with Gasteiger partial charge in [-0.2, -0.15) is 0 Å². The molecule has 0 unspecified atom stereocenters. The standard InChI is InChI=1S/C18H16N2O/c1-4-13-6-5-7-16-17(13)12(2)19-18(20-16)14-8-10-15(21-3)11-9-14/h4-11H,1-2H2,3H3,(H,19,20). The Balaban J connectivity index is 2.07. The summed E-state index contributed by atoms with van der Waals surface area (Å²) in [6.45, 7) is 7.95. The lowest BCUT2D eigenvalue weighted by atomic mass is 10.0. The lowest BCUT2D eigenvalue weighted by molar-refractivity contribution is 0.415. The van der Waals surface area contributed by atoms with Gasteiger partial charge in [-0.15, -0.1) is 0 Å². The molecule has 3 nitrogen and oxygen atoms in total. The summed E-state index contributed by atoms with van der Waals surface area (Å²) in [4.78, 5) is 4.69. The predicted molar refractivity (Wildman–Crippen MR) is 87.9 cm³/mol. The molecule has 0 saturated carbocycles. The fourth-order valence-electron chi connectivity index (χ4n) is 2.39. The molecule has 0 aromatic heterocycles. The highest BCUT2D eigenvalue weighted by Crippen LogP contribution is 2.32. The molecular formula is C18H16N2O. The molecule has 1 N–H and O–H groups in total. The Morgan fingerprint density at radius 3 is 2.57 bits per heavy atom. The van der Waals surface area contributed by atoms with Crippen molar-refractivity contribution in [2.24, 2.45) is 4.99 Å². The SMILES string of the molecule is C=Cc1cccc2c1C(=C)NC(c1ccc(OC)cc1)=N2. The maximum absolute atomic E-state index is 5.18. The molecule has 0 spiro atoms. The summed E-state index contributed by atoms with van der Waals surface area (Å²) in [6.07, 6.45) is 1.82. The normalized spacial score (nSPS) is 13.0. The van der Waals surface area contributed by atoms with E-state index in [4.69, 9.17) is 4.74 Å². The molecule has 0 fully saturated rings. The number of benzene rings is 2. The van der Waals surface area contributed by atoms with E-state index in [1.807, 2.05) is 48.5 Å². The number of hydrogen-bond acceptors (Lipinski definition) is 3. The Morgan fingerprint density at radius 1 is 1.14 bits per heavy atom. The highest BCUT2D eigenvalue weighted by molar-refractivity contribution is 6.08. The molecule has 104 valence electrons. The fraction of sp³-hybridized carbons (Fsp3) is 0.0556. The van der Waals surface area contributed by atoms with Crippen molar-refractivity contribution in [3.8, 4) is 5.75 Å². The van der Waals surface area contributed by atoms with Crippen LogP contribution < -0.4 is 10.1 Å². The Kier molecular flexibility index (Phi) is 3.32. The van der Waals surface area contributed by atoms with E-state index < -0.39 is 0 Å². The summed E-state index contributed by atoms with van der Waals surface area (Å²) in [5.74, 6) is 1.61. The third-order valence-corrected chi connectivity index (χ3v) is 3.46. The fourth-order valence-corrected chi connectivity index (χ4v) is 2.39. The Labute approximate surface area is 124 Å². The van der Waals surface area contributed by atoms with Crippen molar-refractivity contribution in [2.75, 3.05) is 7.11 Å². The van der Waals surface area contributed by atoms with Crippen LogP contribution in [0.25, 0.3) is 11.8 Å². The van der Waals surface area contributed by atoms with Gasteiger partial charge in [0.1, 0.15) is 11.6 Å². The van der Waals surface area contributed by atoms with Gasteiger partial charge in [-0.05, 0) is 35.9 Å². The molecule has 21 heavy (non-hydrogen) atoms.